The lowest BCUT2D eigenvalue weighted by molar-refractivity contribution is -0.121. The van der Waals surface area contributed by atoms with Gasteiger partial charge < -0.3 is 15.0 Å². The summed E-state index contributed by atoms with van der Waals surface area (Å²) < 4.78 is 5.56. The fraction of sp³-hybridized carbons (Fsp3) is 0.471. The molecule has 1 heterocycles. The lowest BCUT2D eigenvalue weighted by atomic mass is 10.1. The number of H-pyrrole nitrogens is 1. The van der Waals surface area contributed by atoms with Crippen molar-refractivity contribution in [2.75, 3.05) is 13.2 Å². The lowest BCUT2D eigenvalue weighted by Crippen LogP contribution is -2.22. The molecule has 0 saturated heterocycles. The van der Waals surface area contributed by atoms with Gasteiger partial charge in [-0.3, -0.25) is 4.79 Å². The van der Waals surface area contributed by atoms with Crippen molar-refractivity contribution in [3.8, 4) is 5.75 Å². The molecule has 0 aliphatic rings. The molecule has 0 atom stereocenters. The second-order valence-corrected chi connectivity index (χ2v) is 5.11. The second-order valence-electron chi connectivity index (χ2n) is 5.11. The van der Waals surface area contributed by atoms with Crippen molar-refractivity contribution in [2.24, 2.45) is 0 Å². The van der Waals surface area contributed by atoms with Crippen LogP contribution in [0.1, 0.15) is 38.7 Å². The Labute approximate surface area is 125 Å². The zero-order valence-electron chi connectivity index (χ0n) is 12.9. The standard InChI is InChI=1S/C17H24N2O2/c1-3-18-17(20)8-6-5-7-13-12-19-16-10-9-14(21-4-2)11-15(13)16/h9-12,19H,3-8H2,1-2H3,(H,18,20). The van der Waals surface area contributed by atoms with Gasteiger partial charge in [0.2, 0.25) is 5.91 Å². The Balaban J connectivity index is 1.92. The Bertz CT molecular complexity index is 589. The average molecular weight is 288 g/mol. The van der Waals surface area contributed by atoms with E-state index in [-0.39, 0.29) is 5.91 Å². The Morgan fingerprint density at radius 3 is 2.90 bits per heavy atom. The van der Waals surface area contributed by atoms with Crippen LogP contribution < -0.4 is 10.1 Å². The molecule has 0 radical (unpaired) electrons. The Morgan fingerprint density at radius 2 is 2.14 bits per heavy atom. The number of carbonyl (C=O) groups is 1. The van der Waals surface area contributed by atoms with Gasteiger partial charge in [0, 0.05) is 30.1 Å². The summed E-state index contributed by atoms with van der Waals surface area (Å²) >= 11 is 0. The molecule has 0 saturated carbocycles. The highest BCUT2D eigenvalue weighted by Gasteiger charge is 2.06. The Morgan fingerprint density at radius 1 is 1.29 bits per heavy atom. The summed E-state index contributed by atoms with van der Waals surface area (Å²) in [6, 6.07) is 6.13. The van der Waals surface area contributed by atoms with Crippen LogP contribution in [0.3, 0.4) is 0 Å². The largest absolute Gasteiger partial charge is 0.494 e. The smallest absolute Gasteiger partial charge is 0.219 e. The lowest BCUT2D eigenvalue weighted by Gasteiger charge is -2.04. The molecule has 0 aliphatic heterocycles. The number of benzene rings is 1. The highest BCUT2D eigenvalue weighted by atomic mass is 16.5. The van der Waals surface area contributed by atoms with Crippen molar-refractivity contribution in [3.05, 3.63) is 30.0 Å². The topological polar surface area (TPSA) is 54.1 Å². The number of carbonyl (C=O) groups excluding carboxylic acids is 1. The minimum atomic E-state index is 0.148. The molecule has 4 nitrogen and oxygen atoms in total. The number of aromatic nitrogens is 1. The zero-order valence-corrected chi connectivity index (χ0v) is 12.9. The maximum absolute atomic E-state index is 11.4. The summed E-state index contributed by atoms with van der Waals surface area (Å²) in [4.78, 5) is 14.7. The molecule has 2 N–H and O–H groups in total. The Hall–Kier alpha value is -1.97. The maximum atomic E-state index is 11.4. The van der Waals surface area contributed by atoms with E-state index >= 15 is 0 Å². The zero-order chi connectivity index (χ0) is 15.1. The number of fused-ring (bicyclic) bond motifs is 1. The number of rotatable bonds is 8. The van der Waals surface area contributed by atoms with E-state index in [1.807, 2.05) is 19.9 Å². The van der Waals surface area contributed by atoms with E-state index in [4.69, 9.17) is 4.74 Å². The van der Waals surface area contributed by atoms with Crippen LogP contribution in [0.4, 0.5) is 0 Å². The van der Waals surface area contributed by atoms with Crippen molar-refractivity contribution < 1.29 is 9.53 Å². The number of nitrogens with one attached hydrogen (secondary N) is 2. The van der Waals surface area contributed by atoms with E-state index in [9.17, 15) is 4.79 Å². The van der Waals surface area contributed by atoms with Gasteiger partial charge in [0.05, 0.1) is 6.61 Å². The van der Waals surface area contributed by atoms with Crippen LogP contribution in [0.25, 0.3) is 10.9 Å². The summed E-state index contributed by atoms with van der Waals surface area (Å²) in [7, 11) is 0. The van der Waals surface area contributed by atoms with Crippen molar-refractivity contribution in [2.45, 2.75) is 39.5 Å². The number of hydrogen-bond donors (Lipinski definition) is 2. The summed E-state index contributed by atoms with van der Waals surface area (Å²) in [6.45, 7) is 5.32. The third-order valence-electron chi connectivity index (χ3n) is 3.52. The molecule has 114 valence electrons. The molecule has 21 heavy (non-hydrogen) atoms. The monoisotopic (exact) mass is 288 g/mol. The minimum absolute atomic E-state index is 0.148. The van der Waals surface area contributed by atoms with E-state index < -0.39 is 0 Å². The van der Waals surface area contributed by atoms with Crippen LogP contribution in [0.15, 0.2) is 24.4 Å². The van der Waals surface area contributed by atoms with Crippen LogP contribution in [-0.2, 0) is 11.2 Å². The normalized spacial score (nSPS) is 10.8. The molecule has 1 aromatic heterocycles. The second kappa shape index (κ2) is 7.72. The summed E-state index contributed by atoms with van der Waals surface area (Å²) in [5, 5.41) is 4.05. The maximum Gasteiger partial charge on any atom is 0.219 e. The molecule has 1 aromatic carbocycles. The first kappa shape index (κ1) is 15.4. The molecule has 2 aromatic rings. The Kier molecular flexibility index (Phi) is 5.67. The fourth-order valence-electron chi connectivity index (χ4n) is 2.51. The van der Waals surface area contributed by atoms with Gasteiger partial charge in [0.15, 0.2) is 0 Å². The molecule has 0 unspecified atom stereocenters. The first-order valence-electron chi connectivity index (χ1n) is 7.74. The summed E-state index contributed by atoms with van der Waals surface area (Å²) in [6.07, 6.45) is 5.59. The SMILES string of the molecule is CCNC(=O)CCCCc1c[nH]c2ccc(OCC)cc12. The van der Waals surface area contributed by atoms with Gasteiger partial charge in [-0.2, -0.15) is 0 Å². The van der Waals surface area contributed by atoms with Crippen molar-refractivity contribution in [1.82, 2.24) is 10.3 Å². The predicted octanol–water partition coefficient (Wildman–Crippen LogP) is 3.42. The average Bonchev–Trinajstić information content (AvgIpc) is 2.87. The third-order valence-corrected chi connectivity index (χ3v) is 3.52. The first-order chi connectivity index (χ1) is 10.2. The van der Waals surface area contributed by atoms with Gasteiger partial charge in [-0.1, -0.05) is 0 Å². The number of unbranched alkanes of at least 4 members (excludes halogenated alkanes) is 1. The summed E-state index contributed by atoms with van der Waals surface area (Å²) in [5.74, 6) is 1.06. The number of aryl methyl sites for hydroxylation is 1. The predicted molar refractivity (Wildman–Crippen MR) is 85.7 cm³/mol. The van der Waals surface area contributed by atoms with Gasteiger partial charge in [-0.15, -0.1) is 0 Å². The highest BCUT2D eigenvalue weighted by Crippen LogP contribution is 2.25. The number of aromatic amines is 1. The van der Waals surface area contributed by atoms with Gasteiger partial charge in [-0.05, 0) is 56.9 Å². The van der Waals surface area contributed by atoms with Crippen molar-refractivity contribution in [3.63, 3.8) is 0 Å². The van der Waals surface area contributed by atoms with E-state index in [1.165, 1.54) is 10.9 Å². The molecule has 2 rings (SSSR count). The van der Waals surface area contributed by atoms with Crippen LogP contribution in [0, 0.1) is 0 Å². The molecule has 0 fully saturated rings. The van der Waals surface area contributed by atoms with Crippen LogP contribution >= 0.6 is 0 Å². The molecule has 0 aliphatic carbocycles. The number of hydrogen-bond acceptors (Lipinski definition) is 2. The quantitative estimate of drug-likeness (QED) is 0.731. The molecular weight excluding hydrogens is 264 g/mol. The fourth-order valence-corrected chi connectivity index (χ4v) is 2.51. The van der Waals surface area contributed by atoms with Gasteiger partial charge in [0.1, 0.15) is 5.75 Å². The van der Waals surface area contributed by atoms with E-state index in [0.29, 0.717) is 19.6 Å². The molecule has 0 bridgehead atoms. The summed E-state index contributed by atoms with van der Waals surface area (Å²) in [5.41, 5.74) is 2.43. The number of amides is 1. The number of ether oxygens (including phenoxy) is 1. The van der Waals surface area contributed by atoms with E-state index in [1.54, 1.807) is 0 Å². The van der Waals surface area contributed by atoms with Crippen molar-refractivity contribution >= 4 is 16.8 Å². The van der Waals surface area contributed by atoms with Gasteiger partial charge >= 0.3 is 0 Å². The van der Waals surface area contributed by atoms with Gasteiger partial charge in [-0.25, -0.2) is 0 Å². The van der Waals surface area contributed by atoms with Crippen LogP contribution in [-0.4, -0.2) is 24.0 Å². The van der Waals surface area contributed by atoms with Gasteiger partial charge in [0.25, 0.3) is 0 Å². The molecule has 0 spiro atoms. The first-order valence-corrected chi connectivity index (χ1v) is 7.74. The van der Waals surface area contributed by atoms with E-state index in [0.717, 1.165) is 30.5 Å². The molecule has 1 amide bonds. The van der Waals surface area contributed by atoms with Crippen LogP contribution in [0.2, 0.25) is 0 Å². The van der Waals surface area contributed by atoms with Crippen molar-refractivity contribution in [1.29, 1.82) is 0 Å². The molecular formula is C17H24N2O2. The highest BCUT2D eigenvalue weighted by molar-refractivity contribution is 5.84. The van der Waals surface area contributed by atoms with Crippen LogP contribution in [0.5, 0.6) is 5.75 Å². The van der Waals surface area contributed by atoms with E-state index in [2.05, 4.69) is 28.6 Å². The third kappa shape index (κ3) is 4.25. The molecule has 4 heteroatoms. The minimum Gasteiger partial charge on any atom is -0.494 e.